The first-order valence-corrected chi connectivity index (χ1v) is 5.51. The minimum atomic E-state index is -0.170. The number of carbonyl (C=O) groups excluding carboxylic acids is 1. The molecule has 4 heteroatoms. The number of halogens is 2. The van der Waals surface area contributed by atoms with Gasteiger partial charge >= 0.3 is 5.97 Å². The fourth-order valence-electron chi connectivity index (χ4n) is 0.745. The van der Waals surface area contributed by atoms with Crippen molar-refractivity contribution in [2.75, 3.05) is 11.9 Å². The molecule has 0 aliphatic heterocycles. The summed E-state index contributed by atoms with van der Waals surface area (Å²) in [5.41, 5.74) is 0. The Morgan fingerprint density at radius 2 is 1.77 bits per heavy atom. The summed E-state index contributed by atoms with van der Waals surface area (Å²) < 4.78 is 4.75. The van der Waals surface area contributed by atoms with Gasteiger partial charge in [0.2, 0.25) is 0 Å². The van der Waals surface area contributed by atoms with Crippen LogP contribution in [0.15, 0.2) is 0 Å². The van der Waals surface area contributed by atoms with Gasteiger partial charge in [-0.15, -0.1) is 23.2 Å². The molecule has 0 spiro atoms. The molecule has 0 saturated carbocycles. The van der Waals surface area contributed by atoms with Crippen molar-refractivity contribution in [1.82, 2.24) is 0 Å². The van der Waals surface area contributed by atoms with Crippen molar-refractivity contribution in [1.29, 1.82) is 0 Å². The van der Waals surface area contributed by atoms with Crippen LogP contribution in [0.5, 0.6) is 0 Å². The molecule has 0 amide bonds. The maximum atomic E-state index is 10.3. The fraction of sp³-hybridized carbons (Fsp3) is 0.889. The highest BCUT2D eigenvalue weighted by atomic mass is 35.5. The number of hydrogen-bond acceptors (Lipinski definition) is 2. The van der Waals surface area contributed by atoms with Crippen LogP contribution in [0.4, 0.5) is 0 Å². The van der Waals surface area contributed by atoms with Gasteiger partial charge in [0.25, 0.3) is 0 Å². The van der Waals surface area contributed by atoms with Gasteiger partial charge in [-0.3, -0.25) is 4.79 Å². The Bertz CT molecular complexity index is 108. The average Bonchev–Trinajstić information content (AvgIpc) is 2.05. The van der Waals surface area contributed by atoms with Crippen LogP contribution in [-0.2, 0) is 9.53 Å². The molecule has 0 N–H and O–H groups in total. The van der Waals surface area contributed by atoms with Crippen molar-refractivity contribution in [2.24, 2.45) is 0 Å². The normalized spacial score (nSPS) is 8.62. The van der Waals surface area contributed by atoms with E-state index < -0.39 is 0 Å². The zero-order chi connectivity index (χ0) is 10.5. The van der Waals surface area contributed by atoms with Crippen molar-refractivity contribution in [3.8, 4) is 0 Å². The molecule has 0 aromatic carbocycles. The maximum Gasteiger partial charge on any atom is 0.302 e. The van der Waals surface area contributed by atoms with Crippen molar-refractivity contribution in [2.45, 2.75) is 39.5 Å². The molecular weight excluding hydrogens is 211 g/mol. The zero-order valence-corrected chi connectivity index (χ0v) is 9.83. The highest BCUT2D eigenvalue weighted by molar-refractivity contribution is 6.40. The van der Waals surface area contributed by atoms with E-state index in [-0.39, 0.29) is 11.3 Å². The predicted octanol–water partition coefficient (Wildman–Crippen LogP) is 3.55. The van der Waals surface area contributed by atoms with E-state index in [9.17, 15) is 4.79 Å². The molecule has 0 rings (SSSR count). The van der Waals surface area contributed by atoms with Crippen molar-refractivity contribution in [3.05, 3.63) is 0 Å². The largest absolute Gasteiger partial charge is 0.466 e. The van der Waals surface area contributed by atoms with Crippen LogP contribution in [-0.4, -0.2) is 17.9 Å². The lowest BCUT2D eigenvalue weighted by atomic mass is 10.2. The smallest absolute Gasteiger partial charge is 0.302 e. The van der Waals surface area contributed by atoms with Gasteiger partial charge in [-0.2, -0.15) is 0 Å². The third kappa shape index (κ3) is 24.5. The Kier molecular flexibility index (Phi) is 17.4. The molecule has 0 unspecified atom stereocenters. The van der Waals surface area contributed by atoms with Gasteiger partial charge in [0.15, 0.2) is 0 Å². The number of ether oxygens (including phenoxy) is 1. The molecule has 0 aromatic rings. The fourth-order valence-corrected chi connectivity index (χ4v) is 0.745. The first-order valence-electron chi connectivity index (χ1n) is 4.44. The second kappa shape index (κ2) is 14.6. The van der Waals surface area contributed by atoms with E-state index in [4.69, 9.17) is 27.9 Å². The van der Waals surface area contributed by atoms with Crippen LogP contribution in [0.3, 0.4) is 0 Å². The quantitative estimate of drug-likeness (QED) is 0.409. The minimum Gasteiger partial charge on any atom is -0.466 e. The van der Waals surface area contributed by atoms with E-state index in [1.807, 2.05) is 0 Å². The SMILES string of the molecule is CCCCCCOC(C)=O.ClCCl. The van der Waals surface area contributed by atoms with Gasteiger partial charge in [-0.05, 0) is 6.42 Å². The number of unbranched alkanes of at least 4 members (excludes halogenated alkanes) is 3. The molecule has 0 aliphatic rings. The average molecular weight is 229 g/mol. The summed E-state index contributed by atoms with van der Waals surface area (Å²) in [6, 6.07) is 0. The summed E-state index contributed by atoms with van der Waals surface area (Å²) in [4.78, 5) is 10.3. The molecule has 0 saturated heterocycles. The standard InChI is InChI=1S/C8H16O2.CH2Cl2/c1-3-4-5-6-7-10-8(2)9;2-1-3/h3-7H2,1-2H3;1H2. The Labute approximate surface area is 90.5 Å². The van der Waals surface area contributed by atoms with E-state index in [1.165, 1.54) is 26.2 Å². The topological polar surface area (TPSA) is 26.3 Å². The molecule has 0 fully saturated rings. The van der Waals surface area contributed by atoms with Gasteiger partial charge < -0.3 is 4.74 Å². The third-order valence-electron chi connectivity index (χ3n) is 1.30. The Morgan fingerprint density at radius 1 is 1.23 bits per heavy atom. The number of hydrogen-bond donors (Lipinski definition) is 0. The van der Waals surface area contributed by atoms with E-state index in [0.717, 1.165) is 6.42 Å². The van der Waals surface area contributed by atoms with Crippen LogP contribution in [0.1, 0.15) is 39.5 Å². The van der Waals surface area contributed by atoms with E-state index in [0.29, 0.717) is 6.61 Å². The zero-order valence-electron chi connectivity index (χ0n) is 8.32. The second-order valence-electron chi connectivity index (χ2n) is 2.50. The lowest BCUT2D eigenvalue weighted by molar-refractivity contribution is -0.141. The summed E-state index contributed by atoms with van der Waals surface area (Å²) >= 11 is 9.53. The van der Waals surface area contributed by atoms with Gasteiger partial charge in [-0.25, -0.2) is 0 Å². The molecule has 0 atom stereocenters. The van der Waals surface area contributed by atoms with E-state index in [2.05, 4.69) is 6.92 Å². The Balaban J connectivity index is 0. The van der Waals surface area contributed by atoms with E-state index >= 15 is 0 Å². The van der Waals surface area contributed by atoms with Gasteiger partial charge in [0.05, 0.1) is 11.9 Å². The molecule has 0 radical (unpaired) electrons. The number of esters is 1. The van der Waals surface area contributed by atoms with Crippen molar-refractivity contribution < 1.29 is 9.53 Å². The molecule has 13 heavy (non-hydrogen) atoms. The number of alkyl halides is 2. The van der Waals surface area contributed by atoms with Crippen LogP contribution in [0.2, 0.25) is 0 Å². The first kappa shape index (κ1) is 15.5. The molecule has 80 valence electrons. The first-order chi connectivity index (χ1) is 6.18. The van der Waals surface area contributed by atoms with Crippen LogP contribution in [0.25, 0.3) is 0 Å². The summed E-state index contributed by atoms with van der Waals surface area (Å²) in [6.07, 6.45) is 4.64. The van der Waals surface area contributed by atoms with Crippen LogP contribution >= 0.6 is 23.2 Å². The lowest BCUT2D eigenvalue weighted by Gasteiger charge is -1.99. The molecule has 2 nitrogen and oxygen atoms in total. The van der Waals surface area contributed by atoms with E-state index in [1.54, 1.807) is 0 Å². The highest BCUT2D eigenvalue weighted by Crippen LogP contribution is 1.98. The lowest BCUT2D eigenvalue weighted by Crippen LogP contribution is -1.99. The van der Waals surface area contributed by atoms with Gasteiger partial charge in [0.1, 0.15) is 0 Å². The molecule has 0 aromatic heterocycles. The van der Waals surface area contributed by atoms with Crippen molar-refractivity contribution in [3.63, 3.8) is 0 Å². The molecule has 0 aliphatic carbocycles. The summed E-state index contributed by atoms with van der Waals surface area (Å²) in [5, 5.41) is 0.194. The summed E-state index contributed by atoms with van der Waals surface area (Å²) in [5.74, 6) is -0.170. The van der Waals surface area contributed by atoms with Crippen molar-refractivity contribution >= 4 is 29.2 Å². The maximum absolute atomic E-state index is 10.3. The molecular formula is C9H18Cl2O2. The second-order valence-corrected chi connectivity index (χ2v) is 3.31. The number of carbonyl (C=O) groups is 1. The van der Waals surface area contributed by atoms with Gasteiger partial charge in [-0.1, -0.05) is 26.2 Å². The molecule has 0 heterocycles. The monoisotopic (exact) mass is 228 g/mol. The van der Waals surface area contributed by atoms with Crippen LogP contribution < -0.4 is 0 Å². The Hall–Kier alpha value is 0.0500. The minimum absolute atomic E-state index is 0.170. The van der Waals surface area contributed by atoms with Crippen LogP contribution in [0, 0.1) is 0 Å². The van der Waals surface area contributed by atoms with Gasteiger partial charge in [0, 0.05) is 6.92 Å². The molecule has 0 bridgehead atoms. The summed E-state index contributed by atoms with van der Waals surface area (Å²) in [7, 11) is 0. The highest BCUT2D eigenvalue weighted by Gasteiger charge is 1.91. The summed E-state index contributed by atoms with van der Waals surface area (Å²) in [6.45, 7) is 4.20. The third-order valence-corrected chi connectivity index (χ3v) is 1.30. The predicted molar refractivity (Wildman–Crippen MR) is 57.3 cm³/mol. The number of rotatable bonds is 5. The Morgan fingerprint density at radius 3 is 2.15 bits per heavy atom.